The van der Waals surface area contributed by atoms with Gasteiger partial charge in [0.25, 0.3) is 0 Å². The van der Waals surface area contributed by atoms with Gasteiger partial charge in [-0.1, -0.05) is 68.8 Å². The molecule has 0 saturated carbocycles. The van der Waals surface area contributed by atoms with E-state index in [0.29, 0.717) is 39.9 Å². The van der Waals surface area contributed by atoms with Gasteiger partial charge < -0.3 is 77.3 Å². The zero-order valence-electron chi connectivity index (χ0n) is 42.3. The molecule has 0 bridgehead atoms. The molecule has 0 aliphatic carbocycles. The van der Waals surface area contributed by atoms with Crippen LogP contribution in [0.3, 0.4) is 0 Å². The summed E-state index contributed by atoms with van der Waals surface area (Å²) in [5.41, 5.74) is 2.87. The van der Waals surface area contributed by atoms with Crippen LogP contribution in [0.15, 0.2) is 116 Å². The number of hydrogen-bond donors (Lipinski definition) is 4. The smallest absolute Gasteiger partial charge is 0.333 e. The molecule has 19 nitrogen and oxygen atoms in total. The summed E-state index contributed by atoms with van der Waals surface area (Å²) < 4.78 is 67.8. The SMILES string of the molecule is C=C(C)OCC(O)COCCOc1ccc(C(c2ccccc2)c2ccc(OCCOCC(O)COC(=O)C(=C)C)cc2OCCOCC(O)COC(=O)C(=C)C)c(OCCOCC(O)COC(=O)C(=C)C)c1. The highest BCUT2D eigenvalue weighted by molar-refractivity contribution is 5.87. The van der Waals surface area contributed by atoms with Crippen LogP contribution in [0.1, 0.15) is 50.3 Å². The Bertz CT molecular complexity index is 2190. The minimum absolute atomic E-state index is 0.0251. The Kier molecular flexibility index (Phi) is 28.6. The second-order valence-electron chi connectivity index (χ2n) is 16.7. The second-order valence-corrected chi connectivity index (χ2v) is 16.7. The van der Waals surface area contributed by atoms with E-state index in [4.69, 9.17) is 56.8 Å². The van der Waals surface area contributed by atoms with Crippen LogP contribution in [0.25, 0.3) is 0 Å². The van der Waals surface area contributed by atoms with E-state index in [1.807, 2.05) is 42.5 Å². The summed E-state index contributed by atoms with van der Waals surface area (Å²) >= 11 is 0. The molecule has 0 heterocycles. The number of carbonyl (C=O) groups excluding carboxylic acids is 3. The van der Waals surface area contributed by atoms with Gasteiger partial charge in [-0.05, 0) is 45.4 Å². The summed E-state index contributed by atoms with van der Waals surface area (Å²) in [4.78, 5) is 35.3. The van der Waals surface area contributed by atoms with Crippen LogP contribution in [-0.2, 0) is 52.3 Å². The Morgan fingerprint density at radius 3 is 1.08 bits per heavy atom. The number of ether oxygens (including phenoxy) is 12. The van der Waals surface area contributed by atoms with Crippen molar-refractivity contribution in [2.75, 3.05) is 106 Å². The van der Waals surface area contributed by atoms with Crippen LogP contribution >= 0.6 is 0 Å². The first kappa shape index (κ1) is 61.0. The summed E-state index contributed by atoms with van der Waals surface area (Å²) in [6, 6.07) is 20.4. The Morgan fingerprint density at radius 1 is 0.425 bits per heavy atom. The fourth-order valence-electron chi connectivity index (χ4n) is 6.16. The Balaban J connectivity index is 1.91. The summed E-state index contributed by atoms with van der Waals surface area (Å²) in [5.74, 6) is -0.221. The molecular weight excluding hydrogens is 953 g/mol. The van der Waals surface area contributed by atoms with E-state index >= 15 is 0 Å². The minimum atomic E-state index is -1.09. The van der Waals surface area contributed by atoms with E-state index in [1.54, 1.807) is 31.2 Å². The molecule has 0 aliphatic rings. The Hall–Kier alpha value is -6.29. The van der Waals surface area contributed by atoms with Crippen molar-refractivity contribution in [1.29, 1.82) is 0 Å². The van der Waals surface area contributed by atoms with Gasteiger partial charge in [-0.25, -0.2) is 14.4 Å². The molecule has 0 amide bonds. The van der Waals surface area contributed by atoms with Gasteiger partial charge in [0.2, 0.25) is 0 Å². The number of carbonyl (C=O) groups is 3. The summed E-state index contributed by atoms with van der Waals surface area (Å²) in [5, 5.41) is 41.0. The maximum Gasteiger partial charge on any atom is 0.333 e. The molecule has 0 aromatic heterocycles. The third kappa shape index (κ3) is 24.8. The maximum absolute atomic E-state index is 11.8. The first-order valence-electron chi connectivity index (χ1n) is 23.6. The zero-order chi connectivity index (χ0) is 53.5. The number of benzene rings is 3. The third-order valence-corrected chi connectivity index (χ3v) is 9.72. The normalized spacial score (nSPS) is 13.0. The molecule has 3 aromatic rings. The van der Waals surface area contributed by atoms with Crippen molar-refractivity contribution < 1.29 is 91.7 Å². The first-order chi connectivity index (χ1) is 34.9. The van der Waals surface area contributed by atoms with Gasteiger partial charge in [-0.2, -0.15) is 0 Å². The van der Waals surface area contributed by atoms with Crippen LogP contribution < -0.4 is 18.9 Å². The maximum atomic E-state index is 11.8. The number of aliphatic hydroxyl groups excluding tert-OH is 4. The Labute approximate surface area is 427 Å². The van der Waals surface area contributed by atoms with E-state index in [1.165, 1.54) is 20.8 Å². The number of rotatable bonds is 39. The van der Waals surface area contributed by atoms with Crippen molar-refractivity contribution in [1.82, 2.24) is 0 Å². The topological polar surface area (TPSA) is 243 Å². The van der Waals surface area contributed by atoms with Gasteiger partial charge in [-0.15, -0.1) is 0 Å². The van der Waals surface area contributed by atoms with Crippen LogP contribution in [0.2, 0.25) is 0 Å². The van der Waals surface area contributed by atoms with E-state index in [2.05, 4.69) is 26.3 Å². The minimum Gasteiger partial charge on any atom is -0.496 e. The van der Waals surface area contributed by atoms with Gasteiger partial charge in [0.15, 0.2) is 0 Å². The Morgan fingerprint density at radius 2 is 0.753 bits per heavy atom. The number of allylic oxidation sites excluding steroid dienone is 1. The van der Waals surface area contributed by atoms with Crippen LogP contribution in [-0.4, -0.2) is 168 Å². The fraction of sp³-hybridized carbons (Fsp3) is 0.463. The molecule has 5 unspecified atom stereocenters. The molecule has 3 rings (SSSR count). The van der Waals surface area contributed by atoms with Crippen molar-refractivity contribution in [2.24, 2.45) is 0 Å². The largest absolute Gasteiger partial charge is 0.496 e. The van der Waals surface area contributed by atoms with Crippen molar-refractivity contribution >= 4 is 17.9 Å². The summed E-state index contributed by atoms with van der Waals surface area (Å²) in [6.07, 6.45) is -4.09. The second kappa shape index (κ2) is 34.2. The van der Waals surface area contributed by atoms with Gasteiger partial charge in [0.1, 0.15) is 100 Å². The lowest BCUT2D eigenvalue weighted by Crippen LogP contribution is -2.25. The monoisotopic (exact) mass is 1020 g/mol. The molecule has 5 atom stereocenters. The van der Waals surface area contributed by atoms with Crippen LogP contribution in [0.4, 0.5) is 0 Å². The molecule has 0 aliphatic heterocycles. The highest BCUT2D eigenvalue weighted by Crippen LogP contribution is 2.43. The van der Waals surface area contributed by atoms with Gasteiger partial charge in [-0.3, -0.25) is 0 Å². The number of hydrogen-bond acceptors (Lipinski definition) is 19. The molecule has 3 aromatic carbocycles. The third-order valence-electron chi connectivity index (χ3n) is 9.72. The van der Waals surface area contributed by atoms with Crippen molar-refractivity contribution in [3.05, 3.63) is 132 Å². The summed E-state index contributed by atoms with van der Waals surface area (Å²) in [7, 11) is 0. The van der Waals surface area contributed by atoms with Gasteiger partial charge >= 0.3 is 17.9 Å². The molecule has 0 radical (unpaired) electrons. The predicted octanol–water partition coefficient (Wildman–Crippen LogP) is 4.80. The highest BCUT2D eigenvalue weighted by atomic mass is 16.6. The molecule has 19 heteroatoms. The van der Waals surface area contributed by atoms with Crippen molar-refractivity contribution in [3.63, 3.8) is 0 Å². The molecule has 73 heavy (non-hydrogen) atoms. The predicted molar refractivity (Wildman–Crippen MR) is 268 cm³/mol. The standard InChI is InChI=1S/C54H72O19/c1-36(2)52(59)71-33-42(56)29-63-19-23-67-46-15-17-48(50(27-46)69-25-21-65-31-44(58)35-73-54(61)38(5)6)51(40-12-10-9-11-13-40)47-16-14-45(66-22-18-62-28-41(55)32-70-39(7)8)26-49(47)68-24-20-64-30-43(57)34-72-53(60)37(3)4/h9-17,26-27,41-44,51,55-58H,1,3,5,7,18-25,28-35H2,2,4,6,8H3. The van der Waals surface area contributed by atoms with E-state index in [-0.39, 0.29) is 122 Å². The van der Waals surface area contributed by atoms with E-state index in [9.17, 15) is 34.8 Å². The fourth-order valence-corrected chi connectivity index (χ4v) is 6.16. The molecule has 0 fully saturated rings. The molecule has 4 N–H and O–H groups in total. The van der Waals surface area contributed by atoms with Crippen LogP contribution in [0.5, 0.6) is 23.0 Å². The lowest BCUT2D eigenvalue weighted by Gasteiger charge is -2.25. The highest BCUT2D eigenvalue weighted by Gasteiger charge is 2.26. The average molecular weight is 1030 g/mol. The van der Waals surface area contributed by atoms with Gasteiger partial charge in [0.05, 0.1) is 58.6 Å². The van der Waals surface area contributed by atoms with Crippen LogP contribution in [0, 0.1) is 0 Å². The quantitative estimate of drug-likeness (QED) is 0.0150. The van der Waals surface area contributed by atoms with Gasteiger partial charge in [0, 0.05) is 45.9 Å². The lowest BCUT2D eigenvalue weighted by atomic mass is 9.84. The van der Waals surface area contributed by atoms with E-state index < -0.39 is 48.2 Å². The molecule has 0 spiro atoms. The first-order valence-corrected chi connectivity index (χ1v) is 23.6. The molecular formula is C54H72O19. The van der Waals surface area contributed by atoms with Crippen molar-refractivity contribution in [2.45, 2.75) is 58.0 Å². The van der Waals surface area contributed by atoms with Crippen molar-refractivity contribution in [3.8, 4) is 23.0 Å². The number of esters is 3. The lowest BCUT2D eigenvalue weighted by molar-refractivity contribution is -0.143. The zero-order valence-corrected chi connectivity index (χ0v) is 42.3. The molecule has 0 saturated heterocycles. The van der Waals surface area contributed by atoms with E-state index in [0.717, 1.165) is 5.56 Å². The summed E-state index contributed by atoms with van der Waals surface area (Å²) in [6.45, 7) is 20.0. The average Bonchev–Trinajstić information content (AvgIpc) is 3.36. The molecule has 402 valence electrons. The number of aliphatic hydroxyl groups is 4.